The zero-order valence-electron chi connectivity index (χ0n) is 11.9. The number of carbonyl (C=O) groups is 1. The Morgan fingerprint density at radius 2 is 1.95 bits per heavy atom. The van der Waals surface area contributed by atoms with Crippen molar-refractivity contribution in [3.63, 3.8) is 0 Å². The van der Waals surface area contributed by atoms with Gasteiger partial charge in [0.1, 0.15) is 11.8 Å². The van der Waals surface area contributed by atoms with E-state index in [4.69, 9.17) is 10.3 Å². The van der Waals surface area contributed by atoms with Gasteiger partial charge in [0.2, 0.25) is 5.91 Å². The third kappa shape index (κ3) is 3.05. The van der Waals surface area contributed by atoms with E-state index in [2.05, 4.69) is 10.5 Å². The van der Waals surface area contributed by atoms with Crippen molar-refractivity contribution < 1.29 is 9.32 Å². The van der Waals surface area contributed by atoms with Crippen LogP contribution < -0.4 is 11.1 Å². The van der Waals surface area contributed by atoms with E-state index >= 15 is 0 Å². The molecule has 1 amide bonds. The van der Waals surface area contributed by atoms with Gasteiger partial charge in [0, 0.05) is 12.1 Å². The SMILES string of the molecule is Cc1ccc(C(N)C(=O)NCc2c(C)noc2C)cc1. The molecule has 1 heterocycles. The number of aryl methyl sites for hydroxylation is 3. The monoisotopic (exact) mass is 273 g/mol. The van der Waals surface area contributed by atoms with E-state index < -0.39 is 6.04 Å². The zero-order valence-corrected chi connectivity index (χ0v) is 11.9. The first-order valence-corrected chi connectivity index (χ1v) is 6.50. The van der Waals surface area contributed by atoms with Gasteiger partial charge in [-0.1, -0.05) is 35.0 Å². The molecule has 0 fully saturated rings. The smallest absolute Gasteiger partial charge is 0.241 e. The van der Waals surface area contributed by atoms with Gasteiger partial charge >= 0.3 is 0 Å². The summed E-state index contributed by atoms with van der Waals surface area (Å²) in [6.45, 7) is 6.03. The fraction of sp³-hybridized carbons (Fsp3) is 0.333. The van der Waals surface area contributed by atoms with Gasteiger partial charge in [-0.05, 0) is 26.3 Å². The number of amides is 1. The standard InChI is InChI=1S/C15H19N3O2/c1-9-4-6-12(7-5-9)14(16)15(19)17-8-13-10(2)18-20-11(13)3/h4-7,14H,8,16H2,1-3H3,(H,17,19). The van der Waals surface area contributed by atoms with Crippen molar-refractivity contribution in [2.45, 2.75) is 33.4 Å². The van der Waals surface area contributed by atoms with Crippen LogP contribution in [-0.2, 0) is 11.3 Å². The van der Waals surface area contributed by atoms with Crippen LogP contribution in [0.25, 0.3) is 0 Å². The van der Waals surface area contributed by atoms with Crippen molar-refractivity contribution in [3.8, 4) is 0 Å². The minimum Gasteiger partial charge on any atom is -0.361 e. The molecule has 1 unspecified atom stereocenters. The van der Waals surface area contributed by atoms with Crippen molar-refractivity contribution >= 4 is 5.91 Å². The zero-order chi connectivity index (χ0) is 14.7. The summed E-state index contributed by atoms with van der Waals surface area (Å²) in [7, 11) is 0. The second kappa shape index (κ2) is 5.88. The quantitative estimate of drug-likeness (QED) is 0.891. The van der Waals surface area contributed by atoms with Gasteiger partial charge in [-0.3, -0.25) is 4.79 Å². The van der Waals surface area contributed by atoms with Gasteiger partial charge in [0.05, 0.1) is 5.69 Å². The van der Waals surface area contributed by atoms with E-state index in [1.165, 1.54) is 0 Å². The van der Waals surface area contributed by atoms with E-state index in [-0.39, 0.29) is 5.91 Å². The highest BCUT2D eigenvalue weighted by Crippen LogP contribution is 2.14. The fourth-order valence-corrected chi connectivity index (χ4v) is 1.96. The molecule has 1 aromatic heterocycles. The van der Waals surface area contributed by atoms with Gasteiger partial charge in [-0.15, -0.1) is 0 Å². The maximum Gasteiger partial charge on any atom is 0.241 e. The van der Waals surface area contributed by atoms with Gasteiger partial charge in [0.15, 0.2) is 0 Å². The number of nitrogens with two attached hydrogens (primary N) is 1. The second-order valence-corrected chi connectivity index (χ2v) is 4.91. The molecule has 0 radical (unpaired) electrons. The molecule has 0 aliphatic heterocycles. The first-order valence-electron chi connectivity index (χ1n) is 6.50. The summed E-state index contributed by atoms with van der Waals surface area (Å²) < 4.78 is 5.05. The van der Waals surface area contributed by atoms with Crippen LogP contribution in [0.15, 0.2) is 28.8 Å². The van der Waals surface area contributed by atoms with E-state index in [0.717, 1.165) is 22.4 Å². The van der Waals surface area contributed by atoms with Crippen LogP contribution in [0.2, 0.25) is 0 Å². The number of carbonyl (C=O) groups excluding carboxylic acids is 1. The van der Waals surface area contributed by atoms with Crippen molar-refractivity contribution in [3.05, 3.63) is 52.4 Å². The molecule has 106 valence electrons. The fourth-order valence-electron chi connectivity index (χ4n) is 1.96. The average Bonchev–Trinajstić information content (AvgIpc) is 2.75. The maximum atomic E-state index is 12.1. The second-order valence-electron chi connectivity index (χ2n) is 4.91. The summed E-state index contributed by atoms with van der Waals surface area (Å²) in [5.41, 5.74) is 9.57. The largest absolute Gasteiger partial charge is 0.361 e. The molecule has 5 nitrogen and oxygen atoms in total. The number of nitrogens with one attached hydrogen (secondary N) is 1. The van der Waals surface area contributed by atoms with Crippen LogP contribution in [0.3, 0.4) is 0 Å². The summed E-state index contributed by atoms with van der Waals surface area (Å²) in [6.07, 6.45) is 0. The minimum absolute atomic E-state index is 0.214. The molecule has 0 aliphatic rings. The Labute approximate surface area is 118 Å². The molecular weight excluding hydrogens is 254 g/mol. The number of hydrogen-bond acceptors (Lipinski definition) is 4. The molecule has 5 heteroatoms. The Morgan fingerprint density at radius 3 is 2.50 bits per heavy atom. The van der Waals surface area contributed by atoms with E-state index in [1.807, 2.05) is 45.0 Å². The molecule has 0 saturated carbocycles. The molecule has 0 spiro atoms. The van der Waals surface area contributed by atoms with Crippen LogP contribution in [0.5, 0.6) is 0 Å². The highest BCUT2D eigenvalue weighted by molar-refractivity contribution is 5.82. The van der Waals surface area contributed by atoms with E-state index in [9.17, 15) is 4.79 Å². The lowest BCUT2D eigenvalue weighted by Gasteiger charge is -2.12. The van der Waals surface area contributed by atoms with Crippen LogP contribution in [-0.4, -0.2) is 11.1 Å². The first kappa shape index (κ1) is 14.3. The third-order valence-corrected chi connectivity index (χ3v) is 3.34. The van der Waals surface area contributed by atoms with Crippen molar-refractivity contribution in [1.82, 2.24) is 10.5 Å². The molecule has 0 bridgehead atoms. The minimum atomic E-state index is -0.670. The summed E-state index contributed by atoms with van der Waals surface area (Å²) >= 11 is 0. The summed E-state index contributed by atoms with van der Waals surface area (Å²) in [5, 5.41) is 6.66. The van der Waals surface area contributed by atoms with Crippen LogP contribution in [0, 0.1) is 20.8 Å². The van der Waals surface area contributed by atoms with Crippen LogP contribution >= 0.6 is 0 Å². The summed E-state index contributed by atoms with van der Waals surface area (Å²) in [6, 6.07) is 6.95. The van der Waals surface area contributed by atoms with Gasteiger partial charge in [-0.2, -0.15) is 0 Å². The Balaban J connectivity index is 2.00. The molecule has 2 aromatic rings. The molecule has 3 N–H and O–H groups in total. The average molecular weight is 273 g/mol. The Hall–Kier alpha value is -2.14. The van der Waals surface area contributed by atoms with Gasteiger partial charge in [0.25, 0.3) is 0 Å². The highest BCUT2D eigenvalue weighted by Gasteiger charge is 2.17. The molecule has 0 saturated heterocycles. The van der Waals surface area contributed by atoms with Crippen molar-refractivity contribution in [1.29, 1.82) is 0 Å². The van der Waals surface area contributed by atoms with Gasteiger partial charge < -0.3 is 15.6 Å². The number of hydrogen-bond donors (Lipinski definition) is 2. The van der Waals surface area contributed by atoms with E-state index in [1.54, 1.807) is 0 Å². The molecule has 1 aromatic carbocycles. The van der Waals surface area contributed by atoms with Crippen molar-refractivity contribution in [2.24, 2.45) is 5.73 Å². The lowest BCUT2D eigenvalue weighted by molar-refractivity contribution is -0.122. The predicted molar refractivity (Wildman–Crippen MR) is 75.9 cm³/mol. The number of nitrogens with zero attached hydrogens (tertiary/aromatic N) is 1. The van der Waals surface area contributed by atoms with Gasteiger partial charge in [-0.25, -0.2) is 0 Å². The van der Waals surface area contributed by atoms with Crippen LogP contribution in [0.4, 0.5) is 0 Å². The third-order valence-electron chi connectivity index (χ3n) is 3.34. The topological polar surface area (TPSA) is 81.2 Å². The number of rotatable bonds is 4. The molecular formula is C15H19N3O2. The normalized spacial score (nSPS) is 12.2. The van der Waals surface area contributed by atoms with E-state index in [0.29, 0.717) is 12.3 Å². The predicted octanol–water partition coefficient (Wildman–Crippen LogP) is 1.92. The van der Waals surface area contributed by atoms with Crippen molar-refractivity contribution in [2.75, 3.05) is 0 Å². The summed E-state index contributed by atoms with van der Waals surface area (Å²) in [4.78, 5) is 12.1. The Morgan fingerprint density at radius 1 is 1.30 bits per heavy atom. The first-order chi connectivity index (χ1) is 9.49. The van der Waals surface area contributed by atoms with Crippen LogP contribution in [0.1, 0.15) is 34.2 Å². The lowest BCUT2D eigenvalue weighted by Crippen LogP contribution is -2.33. The highest BCUT2D eigenvalue weighted by atomic mass is 16.5. The number of benzene rings is 1. The number of aromatic nitrogens is 1. The molecule has 0 aliphatic carbocycles. The Kier molecular flexibility index (Phi) is 4.20. The maximum absolute atomic E-state index is 12.1. The lowest BCUT2D eigenvalue weighted by atomic mass is 10.1. The summed E-state index contributed by atoms with van der Waals surface area (Å²) in [5.74, 6) is 0.501. The molecule has 20 heavy (non-hydrogen) atoms. The Bertz CT molecular complexity index is 583. The molecule has 2 rings (SSSR count). The molecule has 1 atom stereocenters.